The summed E-state index contributed by atoms with van der Waals surface area (Å²) in [6.45, 7) is 7.55. The molecule has 1 heterocycles. The molecule has 2 rings (SSSR count). The molecular formula is C18H21Cl2N3O3. The number of anilines is 1. The largest absolute Gasteiger partial charge is 0.360 e. The molecule has 0 bridgehead atoms. The number of likely N-dealkylation sites (N-methyl/N-ethyl adjacent to an activating group) is 1. The number of halogens is 2. The fourth-order valence-corrected chi connectivity index (χ4v) is 2.99. The molecule has 26 heavy (non-hydrogen) atoms. The van der Waals surface area contributed by atoms with E-state index >= 15 is 0 Å². The summed E-state index contributed by atoms with van der Waals surface area (Å²) in [5, 5.41) is 7.21. The van der Waals surface area contributed by atoms with Gasteiger partial charge in [-0.1, -0.05) is 48.3 Å². The van der Waals surface area contributed by atoms with Crippen LogP contribution in [0.25, 0.3) is 0 Å². The van der Waals surface area contributed by atoms with Gasteiger partial charge in [-0.15, -0.1) is 0 Å². The van der Waals surface area contributed by atoms with Crippen LogP contribution in [0.3, 0.4) is 0 Å². The van der Waals surface area contributed by atoms with Gasteiger partial charge in [0.1, 0.15) is 12.1 Å². The van der Waals surface area contributed by atoms with Gasteiger partial charge in [-0.05, 0) is 26.0 Å². The van der Waals surface area contributed by atoms with Gasteiger partial charge in [-0.25, -0.2) is 0 Å². The number of rotatable bonds is 6. The number of hydrogen-bond donors (Lipinski definition) is 1. The van der Waals surface area contributed by atoms with E-state index in [1.54, 1.807) is 32.0 Å². The number of amides is 2. The van der Waals surface area contributed by atoms with E-state index in [4.69, 9.17) is 27.7 Å². The molecule has 2 aromatic rings. The van der Waals surface area contributed by atoms with Gasteiger partial charge in [0.15, 0.2) is 5.76 Å². The molecule has 0 fully saturated rings. The second kappa shape index (κ2) is 8.56. The molecule has 8 heteroatoms. The smallest absolute Gasteiger partial charge is 0.259 e. The molecule has 0 aliphatic heterocycles. The monoisotopic (exact) mass is 397 g/mol. The molecular weight excluding hydrogens is 377 g/mol. The Kier molecular flexibility index (Phi) is 6.67. The van der Waals surface area contributed by atoms with Gasteiger partial charge in [0, 0.05) is 12.5 Å². The summed E-state index contributed by atoms with van der Waals surface area (Å²) in [6, 6.07) is 4.94. The van der Waals surface area contributed by atoms with Crippen molar-refractivity contribution in [2.24, 2.45) is 0 Å². The molecule has 0 atom stereocenters. The fraction of sp³-hybridized carbons (Fsp3) is 0.389. The highest BCUT2D eigenvalue weighted by Crippen LogP contribution is 2.30. The molecule has 140 valence electrons. The highest BCUT2D eigenvalue weighted by atomic mass is 35.5. The summed E-state index contributed by atoms with van der Waals surface area (Å²) < 4.78 is 5.27. The van der Waals surface area contributed by atoms with Crippen molar-refractivity contribution in [3.8, 4) is 0 Å². The predicted molar refractivity (Wildman–Crippen MR) is 102 cm³/mol. The zero-order chi connectivity index (χ0) is 19.4. The lowest BCUT2D eigenvalue weighted by molar-refractivity contribution is -0.116. The maximum atomic E-state index is 12.9. The van der Waals surface area contributed by atoms with E-state index in [0.717, 1.165) is 0 Å². The Hall–Kier alpha value is -2.05. The zero-order valence-electron chi connectivity index (χ0n) is 15.1. The van der Waals surface area contributed by atoms with Crippen molar-refractivity contribution >= 4 is 40.7 Å². The second-order valence-electron chi connectivity index (χ2n) is 6.13. The van der Waals surface area contributed by atoms with Crippen LogP contribution in [-0.2, 0) is 4.79 Å². The Morgan fingerprint density at radius 3 is 2.42 bits per heavy atom. The molecule has 0 spiro atoms. The first kappa shape index (κ1) is 20.3. The SMILES string of the molecule is CCN(CC(=O)Nc1c(Cl)cccc1Cl)C(=O)c1c(C)noc1C(C)C. The van der Waals surface area contributed by atoms with E-state index in [9.17, 15) is 9.59 Å². The summed E-state index contributed by atoms with van der Waals surface area (Å²) in [5.41, 5.74) is 1.24. The van der Waals surface area contributed by atoms with Crippen LogP contribution in [0.1, 0.15) is 48.5 Å². The lowest BCUT2D eigenvalue weighted by Gasteiger charge is -2.21. The number of carbonyl (C=O) groups is 2. The molecule has 0 unspecified atom stereocenters. The van der Waals surface area contributed by atoms with Crippen LogP contribution in [-0.4, -0.2) is 35.0 Å². The molecule has 0 saturated carbocycles. The van der Waals surface area contributed by atoms with Crippen molar-refractivity contribution in [1.82, 2.24) is 10.1 Å². The minimum Gasteiger partial charge on any atom is -0.360 e. The average Bonchev–Trinajstić information content (AvgIpc) is 2.97. The molecule has 1 N–H and O–H groups in total. The number of benzene rings is 1. The van der Waals surface area contributed by atoms with Crippen molar-refractivity contribution in [3.63, 3.8) is 0 Å². The minimum atomic E-state index is -0.393. The van der Waals surface area contributed by atoms with Crippen molar-refractivity contribution in [2.45, 2.75) is 33.6 Å². The van der Waals surface area contributed by atoms with Crippen LogP contribution in [0, 0.1) is 6.92 Å². The third-order valence-corrected chi connectivity index (χ3v) is 4.49. The number of para-hydroxylation sites is 1. The Labute approximate surface area is 162 Å². The highest BCUT2D eigenvalue weighted by Gasteiger charge is 2.27. The van der Waals surface area contributed by atoms with Crippen LogP contribution in [0.5, 0.6) is 0 Å². The molecule has 2 amide bonds. The average molecular weight is 398 g/mol. The molecule has 0 saturated heterocycles. The first-order valence-corrected chi connectivity index (χ1v) is 9.01. The van der Waals surface area contributed by atoms with Gasteiger partial charge >= 0.3 is 0 Å². The summed E-state index contributed by atoms with van der Waals surface area (Å²) in [4.78, 5) is 26.7. The van der Waals surface area contributed by atoms with E-state index in [1.807, 2.05) is 13.8 Å². The Balaban J connectivity index is 2.18. The van der Waals surface area contributed by atoms with Crippen molar-refractivity contribution in [3.05, 3.63) is 45.3 Å². The van der Waals surface area contributed by atoms with E-state index in [-0.39, 0.29) is 18.4 Å². The number of nitrogens with one attached hydrogen (secondary N) is 1. The van der Waals surface area contributed by atoms with E-state index in [2.05, 4.69) is 10.5 Å². The first-order chi connectivity index (χ1) is 12.3. The third kappa shape index (κ3) is 4.37. The van der Waals surface area contributed by atoms with Gasteiger partial charge in [0.25, 0.3) is 5.91 Å². The normalized spacial score (nSPS) is 10.9. The molecule has 1 aromatic carbocycles. The number of hydrogen-bond acceptors (Lipinski definition) is 4. The zero-order valence-corrected chi connectivity index (χ0v) is 16.6. The molecule has 0 aliphatic rings. The Morgan fingerprint density at radius 2 is 1.88 bits per heavy atom. The Morgan fingerprint density at radius 1 is 1.27 bits per heavy atom. The maximum Gasteiger partial charge on any atom is 0.259 e. The van der Waals surface area contributed by atoms with Gasteiger partial charge in [0.2, 0.25) is 5.91 Å². The summed E-state index contributed by atoms with van der Waals surface area (Å²) >= 11 is 12.1. The lowest BCUT2D eigenvalue weighted by Crippen LogP contribution is -2.38. The summed E-state index contributed by atoms with van der Waals surface area (Å²) in [5.74, 6) is -0.170. The Bertz CT molecular complexity index is 798. The maximum absolute atomic E-state index is 12.9. The van der Waals surface area contributed by atoms with Crippen molar-refractivity contribution in [1.29, 1.82) is 0 Å². The highest BCUT2D eigenvalue weighted by molar-refractivity contribution is 6.39. The van der Waals surface area contributed by atoms with Gasteiger partial charge in [-0.2, -0.15) is 0 Å². The molecule has 0 radical (unpaired) electrons. The van der Waals surface area contributed by atoms with E-state index in [0.29, 0.717) is 39.3 Å². The third-order valence-electron chi connectivity index (χ3n) is 3.86. The molecule has 0 aliphatic carbocycles. The van der Waals surface area contributed by atoms with E-state index < -0.39 is 5.91 Å². The first-order valence-electron chi connectivity index (χ1n) is 8.25. The number of aryl methyl sites for hydroxylation is 1. The van der Waals surface area contributed by atoms with Gasteiger partial charge in [0.05, 0.1) is 21.4 Å². The number of carbonyl (C=O) groups excluding carboxylic acids is 2. The topological polar surface area (TPSA) is 75.4 Å². The summed E-state index contributed by atoms with van der Waals surface area (Å²) in [7, 11) is 0. The second-order valence-corrected chi connectivity index (χ2v) is 6.94. The van der Waals surface area contributed by atoms with Crippen LogP contribution in [0.2, 0.25) is 10.0 Å². The quantitative estimate of drug-likeness (QED) is 0.777. The van der Waals surface area contributed by atoms with Crippen molar-refractivity contribution in [2.75, 3.05) is 18.4 Å². The van der Waals surface area contributed by atoms with Crippen LogP contribution < -0.4 is 5.32 Å². The van der Waals surface area contributed by atoms with Crippen LogP contribution in [0.4, 0.5) is 5.69 Å². The van der Waals surface area contributed by atoms with Gasteiger partial charge < -0.3 is 14.7 Å². The molecule has 6 nitrogen and oxygen atoms in total. The molecule has 1 aromatic heterocycles. The van der Waals surface area contributed by atoms with Crippen LogP contribution in [0.15, 0.2) is 22.7 Å². The minimum absolute atomic E-state index is 0.00427. The predicted octanol–water partition coefficient (Wildman–Crippen LogP) is 4.51. The fourth-order valence-electron chi connectivity index (χ4n) is 2.50. The number of nitrogens with zero attached hydrogens (tertiary/aromatic N) is 2. The van der Waals surface area contributed by atoms with Crippen LogP contribution >= 0.6 is 23.2 Å². The van der Waals surface area contributed by atoms with E-state index in [1.165, 1.54) is 4.90 Å². The summed E-state index contributed by atoms with van der Waals surface area (Å²) in [6.07, 6.45) is 0. The standard InChI is InChI=1S/C18H21Cl2N3O3/c1-5-23(18(25)15-11(4)22-26-17(15)10(2)3)9-14(24)21-16-12(19)7-6-8-13(16)20/h6-8,10H,5,9H2,1-4H3,(H,21,24). The van der Waals surface area contributed by atoms with Gasteiger partial charge in [-0.3, -0.25) is 9.59 Å². The number of aromatic nitrogens is 1. The lowest BCUT2D eigenvalue weighted by atomic mass is 10.0. The van der Waals surface area contributed by atoms with Crippen molar-refractivity contribution < 1.29 is 14.1 Å².